The molecule has 0 saturated heterocycles. The minimum Gasteiger partial charge on any atom is -0.356 e. The third-order valence-corrected chi connectivity index (χ3v) is 3.13. The van der Waals surface area contributed by atoms with Crippen LogP contribution in [0.1, 0.15) is 17.8 Å². The fourth-order valence-corrected chi connectivity index (χ4v) is 2.13. The Balaban J connectivity index is 1.57. The molecule has 0 amide bonds. The van der Waals surface area contributed by atoms with Crippen molar-refractivity contribution in [2.24, 2.45) is 4.99 Å². The number of hydrogen-bond donors (Lipinski definition) is 2. The molecule has 7 heteroatoms. The summed E-state index contributed by atoms with van der Waals surface area (Å²) in [5.41, 5.74) is 0.859. The van der Waals surface area contributed by atoms with Gasteiger partial charge in [0.2, 0.25) is 0 Å². The molecule has 0 atom stereocenters. The summed E-state index contributed by atoms with van der Waals surface area (Å²) in [5.74, 6) is 1.24. The van der Waals surface area contributed by atoms with Crippen LogP contribution in [-0.2, 0) is 13.1 Å². The lowest BCUT2D eigenvalue weighted by Crippen LogP contribution is -2.40. The summed E-state index contributed by atoms with van der Waals surface area (Å²) < 4.78 is 14.8. The molecule has 21 heavy (non-hydrogen) atoms. The largest absolute Gasteiger partial charge is 0.356 e. The van der Waals surface area contributed by atoms with Gasteiger partial charge in [-0.25, -0.2) is 14.1 Å². The Morgan fingerprint density at radius 1 is 1.38 bits per heavy atom. The van der Waals surface area contributed by atoms with E-state index in [0.29, 0.717) is 18.9 Å². The Morgan fingerprint density at radius 2 is 2.33 bits per heavy atom. The lowest BCUT2D eigenvalue weighted by Gasteiger charge is -2.14. The SMILES string of the molecule is Fc1cccc(Cn2cnc(CNC3=NCCCN3)n2)c1. The summed E-state index contributed by atoms with van der Waals surface area (Å²) in [6.45, 7) is 2.80. The molecule has 6 nitrogen and oxygen atoms in total. The number of halogens is 1. The van der Waals surface area contributed by atoms with Crippen LogP contribution < -0.4 is 10.6 Å². The third-order valence-electron chi connectivity index (χ3n) is 3.13. The molecule has 0 aliphatic carbocycles. The summed E-state index contributed by atoms with van der Waals surface area (Å²) in [4.78, 5) is 8.55. The Labute approximate surface area is 122 Å². The zero-order valence-electron chi connectivity index (χ0n) is 11.6. The smallest absolute Gasteiger partial charge is 0.191 e. The zero-order valence-corrected chi connectivity index (χ0v) is 11.6. The predicted molar refractivity (Wildman–Crippen MR) is 77.3 cm³/mol. The topological polar surface area (TPSA) is 67.1 Å². The summed E-state index contributed by atoms with van der Waals surface area (Å²) in [6.07, 6.45) is 2.71. The molecule has 3 rings (SSSR count). The molecule has 0 bridgehead atoms. The third kappa shape index (κ3) is 3.77. The van der Waals surface area contributed by atoms with Gasteiger partial charge in [0.25, 0.3) is 0 Å². The molecular weight excluding hydrogens is 271 g/mol. The van der Waals surface area contributed by atoms with Crippen molar-refractivity contribution >= 4 is 5.96 Å². The highest BCUT2D eigenvalue weighted by atomic mass is 19.1. The van der Waals surface area contributed by atoms with E-state index in [0.717, 1.165) is 31.0 Å². The van der Waals surface area contributed by atoms with Gasteiger partial charge in [0.15, 0.2) is 11.8 Å². The number of benzene rings is 1. The maximum Gasteiger partial charge on any atom is 0.191 e. The molecular formula is C14H17FN6. The molecule has 2 aromatic rings. The molecule has 1 aliphatic rings. The van der Waals surface area contributed by atoms with Crippen LogP contribution in [0.25, 0.3) is 0 Å². The standard InChI is InChI=1S/C14H17FN6/c15-12-4-1-3-11(7-12)9-21-10-19-13(20-21)8-18-14-16-5-2-6-17-14/h1,3-4,7,10H,2,5-6,8-9H2,(H2,16,17,18). The van der Waals surface area contributed by atoms with Crippen molar-refractivity contribution < 1.29 is 4.39 Å². The Bertz CT molecular complexity index is 636. The van der Waals surface area contributed by atoms with Crippen molar-refractivity contribution in [1.82, 2.24) is 25.4 Å². The van der Waals surface area contributed by atoms with Crippen molar-refractivity contribution in [2.45, 2.75) is 19.5 Å². The number of nitrogens with one attached hydrogen (secondary N) is 2. The maximum absolute atomic E-state index is 13.1. The normalized spacial score (nSPS) is 14.4. The van der Waals surface area contributed by atoms with Crippen molar-refractivity contribution in [3.05, 3.63) is 47.8 Å². The van der Waals surface area contributed by atoms with E-state index in [1.165, 1.54) is 12.1 Å². The second-order valence-corrected chi connectivity index (χ2v) is 4.85. The van der Waals surface area contributed by atoms with Crippen LogP contribution in [0.2, 0.25) is 0 Å². The van der Waals surface area contributed by atoms with Crippen LogP contribution in [0.4, 0.5) is 4.39 Å². The molecule has 1 aromatic carbocycles. The number of hydrogen-bond acceptors (Lipinski definition) is 5. The molecule has 0 saturated carbocycles. The average Bonchev–Trinajstić information content (AvgIpc) is 2.94. The van der Waals surface area contributed by atoms with Gasteiger partial charge >= 0.3 is 0 Å². The quantitative estimate of drug-likeness (QED) is 0.877. The van der Waals surface area contributed by atoms with E-state index in [1.807, 2.05) is 6.07 Å². The van der Waals surface area contributed by atoms with E-state index in [9.17, 15) is 4.39 Å². The molecule has 0 unspecified atom stereocenters. The maximum atomic E-state index is 13.1. The van der Waals surface area contributed by atoms with Crippen LogP contribution in [0.5, 0.6) is 0 Å². The first-order valence-electron chi connectivity index (χ1n) is 6.94. The first-order chi connectivity index (χ1) is 10.3. The van der Waals surface area contributed by atoms with E-state index in [4.69, 9.17) is 0 Å². The van der Waals surface area contributed by atoms with Crippen LogP contribution in [0, 0.1) is 5.82 Å². The van der Waals surface area contributed by atoms with Gasteiger partial charge in [-0.1, -0.05) is 12.1 Å². The zero-order chi connectivity index (χ0) is 14.5. The molecule has 110 valence electrons. The van der Waals surface area contributed by atoms with Gasteiger partial charge in [0, 0.05) is 13.1 Å². The molecule has 1 aliphatic heterocycles. The number of aromatic nitrogens is 3. The lowest BCUT2D eigenvalue weighted by atomic mass is 10.2. The van der Waals surface area contributed by atoms with Crippen molar-refractivity contribution in [3.8, 4) is 0 Å². The van der Waals surface area contributed by atoms with Crippen molar-refractivity contribution in [2.75, 3.05) is 13.1 Å². The minimum atomic E-state index is -0.240. The Kier molecular flexibility index (Phi) is 4.09. The summed E-state index contributed by atoms with van der Waals surface area (Å²) in [7, 11) is 0. The number of nitrogens with zero attached hydrogens (tertiary/aromatic N) is 4. The fraction of sp³-hybridized carbons (Fsp3) is 0.357. The van der Waals surface area contributed by atoms with E-state index in [2.05, 4.69) is 25.7 Å². The molecule has 2 heterocycles. The molecule has 2 N–H and O–H groups in total. The summed E-state index contributed by atoms with van der Waals surface area (Å²) in [6, 6.07) is 6.48. The van der Waals surface area contributed by atoms with Crippen LogP contribution >= 0.6 is 0 Å². The van der Waals surface area contributed by atoms with Gasteiger partial charge < -0.3 is 10.6 Å². The highest BCUT2D eigenvalue weighted by Gasteiger charge is 2.06. The van der Waals surface area contributed by atoms with Gasteiger partial charge in [-0.05, 0) is 24.1 Å². The van der Waals surface area contributed by atoms with Gasteiger partial charge in [-0.2, -0.15) is 5.10 Å². The Hall–Kier alpha value is -2.44. The van der Waals surface area contributed by atoms with Gasteiger partial charge in [-0.15, -0.1) is 0 Å². The highest BCUT2D eigenvalue weighted by Crippen LogP contribution is 2.05. The molecule has 0 radical (unpaired) electrons. The van der Waals surface area contributed by atoms with E-state index >= 15 is 0 Å². The van der Waals surface area contributed by atoms with Crippen LogP contribution in [-0.4, -0.2) is 33.8 Å². The molecule has 0 fully saturated rings. The van der Waals surface area contributed by atoms with Gasteiger partial charge in [0.1, 0.15) is 12.1 Å². The summed E-state index contributed by atoms with van der Waals surface area (Å²) in [5, 5.41) is 10.7. The molecule has 1 aromatic heterocycles. The van der Waals surface area contributed by atoms with E-state index in [1.54, 1.807) is 17.1 Å². The van der Waals surface area contributed by atoms with Crippen molar-refractivity contribution in [3.63, 3.8) is 0 Å². The van der Waals surface area contributed by atoms with Crippen LogP contribution in [0.15, 0.2) is 35.6 Å². The highest BCUT2D eigenvalue weighted by molar-refractivity contribution is 5.80. The van der Waals surface area contributed by atoms with E-state index in [-0.39, 0.29) is 5.82 Å². The van der Waals surface area contributed by atoms with Crippen LogP contribution in [0.3, 0.4) is 0 Å². The van der Waals surface area contributed by atoms with E-state index < -0.39 is 0 Å². The number of guanidine groups is 1. The first-order valence-corrected chi connectivity index (χ1v) is 6.94. The summed E-state index contributed by atoms with van der Waals surface area (Å²) >= 11 is 0. The average molecular weight is 288 g/mol. The second kappa shape index (κ2) is 6.34. The Morgan fingerprint density at radius 3 is 3.14 bits per heavy atom. The number of aliphatic imine (C=N–C) groups is 1. The minimum absolute atomic E-state index is 0.240. The number of rotatable bonds is 4. The first kappa shape index (κ1) is 13.5. The molecule has 0 spiro atoms. The van der Waals surface area contributed by atoms with Gasteiger partial charge in [-0.3, -0.25) is 4.99 Å². The second-order valence-electron chi connectivity index (χ2n) is 4.85. The fourth-order valence-electron chi connectivity index (χ4n) is 2.13. The lowest BCUT2D eigenvalue weighted by molar-refractivity contribution is 0.617. The van der Waals surface area contributed by atoms with Crippen molar-refractivity contribution in [1.29, 1.82) is 0 Å². The van der Waals surface area contributed by atoms with Gasteiger partial charge in [0.05, 0.1) is 13.1 Å². The monoisotopic (exact) mass is 288 g/mol. The predicted octanol–water partition coefficient (Wildman–Crippen LogP) is 0.904.